The fourth-order valence-corrected chi connectivity index (χ4v) is 4.80. The van der Waals surface area contributed by atoms with Gasteiger partial charge in [0, 0.05) is 54.7 Å². The van der Waals surface area contributed by atoms with Crippen molar-refractivity contribution < 1.29 is 4.79 Å². The lowest BCUT2D eigenvalue weighted by Gasteiger charge is -2.34. The number of nitrogens with zero attached hydrogens (tertiary/aromatic N) is 5. The quantitative estimate of drug-likeness (QED) is 0.407. The van der Waals surface area contributed by atoms with Gasteiger partial charge in [0.1, 0.15) is 11.3 Å². The largest absolute Gasteiger partial charge is 0.369 e. The van der Waals surface area contributed by atoms with E-state index >= 15 is 0 Å². The first-order valence-electron chi connectivity index (χ1n) is 11.4. The van der Waals surface area contributed by atoms with Gasteiger partial charge in [-0.2, -0.15) is 0 Å². The Morgan fingerprint density at radius 1 is 1.09 bits per heavy atom. The van der Waals surface area contributed by atoms with Gasteiger partial charge in [-0.25, -0.2) is 9.97 Å². The summed E-state index contributed by atoms with van der Waals surface area (Å²) in [5, 5.41) is 2.99. The number of likely N-dealkylation sites (N-methyl/N-ethyl adjacent to an activating group) is 1. The molecule has 3 aromatic heterocycles. The fraction of sp³-hybridized carbons (Fsp3) is 0.280. The molecule has 1 saturated heterocycles. The molecular weight excluding hydrogens is 446 g/mol. The van der Waals surface area contributed by atoms with Gasteiger partial charge in [0.25, 0.3) is 5.91 Å². The minimum Gasteiger partial charge on any atom is -0.369 e. The van der Waals surface area contributed by atoms with Crippen LogP contribution >= 0.6 is 11.8 Å². The minimum atomic E-state index is -0.234. The highest BCUT2D eigenvalue weighted by molar-refractivity contribution is 7.99. The van der Waals surface area contributed by atoms with Gasteiger partial charge in [-0.05, 0) is 49.2 Å². The highest BCUT2D eigenvalue weighted by Gasteiger charge is 2.18. The molecule has 174 valence electrons. The molecule has 1 aliphatic heterocycles. The Kier molecular flexibility index (Phi) is 6.46. The maximum Gasteiger partial charge on any atom is 0.258 e. The molecular formula is C25H27N7OS. The number of rotatable bonds is 6. The van der Waals surface area contributed by atoms with E-state index in [1.807, 2.05) is 6.07 Å². The average Bonchev–Trinajstić information content (AvgIpc) is 3.30. The van der Waals surface area contributed by atoms with Crippen LogP contribution in [-0.2, 0) is 0 Å². The minimum absolute atomic E-state index is 0.234. The third-order valence-electron chi connectivity index (χ3n) is 5.97. The zero-order valence-electron chi connectivity index (χ0n) is 19.3. The second-order valence-corrected chi connectivity index (χ2v) is 9.54. The molecule has 0 radical (unpaired) electrons. The standard InChI is InChI=1S/C25H27N7OS/c1-3-34-21-9-10-26-16-20(21)28-25(33)19-8-11-27-24-22(19)29-23(30-24)17-4-6-18(7-5-17)32-14-12-31(2)13-15-32/h4-11,16H,3,12-15H2,1-2H3,(H,28,33)(H,27,29,30). The Bertz CT molecular complexity index is 1300. The number of hydrogen-bond acceptors (Lipinski definition) is 7. The van der Waals surface area contributed by atoms with E-state index < -0.39 is 0 Å². The fourth-order valence-electron chi connectivity index (χ4n) is 4.07. The molecule has 34 heavy (non-hydrogen) atoms. The number of carbonyl (C=O) groups excluding carboxylic acids is 1. The van der Waals surface area contributed by atoms with Crippen molar-refractivity contribution >= 4 is 40.2 Å². The van der Waals surface area contributed by atoms with Crippen LogP contribution in [0.4, 0.5) is 11.4 Å². The summed E-state index contributed by atoms with van der Waals surface area (Å²) in [7, 11) is 2.16. The Balaban J connectivity index is 1.39. The van der Waals surface area contributed by atoms with E-state index in [2.05, 4.69) is 68.3 Å². The number of aromatic nitrogens is 4. The van der Waals surface area contributed by atoms with Crippen molar-refractivity contribution in [3.8, 4) is 11.4 Å². The lowest BCUT2D eigenvalue weighted by molar-refractivity contribution is 0.102. The van der Waals surface area contributed by atoms with E-state index in [1.54, 1.807) is 36.4 Å². The molecule has 0 saturated carbocycles. The van der Waals surface area contributed by atoms with Crippen molar-refractivity contribution in [2.24, 2.45) is 0 Å². The van der Waals surface area contributed by atoms with Crippen molar-refractivity contribution in [2.75, 3.05) is 49.2 Å². The number of anilines is 2. The van der Waals surface area contributed by atoms with Crippen LogP contribution in [0.15, 0.2) is 59.9 Å². The molecule has 1 amide bonds. The zero-order chi connectivity index (χ0) is 23.5. The number of H-pyrrole nitrogens is 1. The van der Waals surface area contributed by atoms with Gasteiger partial charge in [0.05, 0.1) is 17.4 Å². The molecule has 0 aliphatic carbocycles. The number of pyridine rings is 2. The number of aromatic amines is 1. The highest BCUT2D eigenvalue weighted by Crippen LogP contribution is 2.28. The third kappa shape index (κ3) is 4.62. The molecule has 5 rings (SSSR count). The van der Waals surface area contributed by atoms with E-state index in [0.29, 0.717) is 28.2 Å². The topological polar surface area (TPSA) is 90.0 Å². The molecule has 9 heteroatoms. The van der Waals surface area contributed by atoms with Gasteiger partial charge in [-0.1, -0.05) is 6.92 Å². The molecule has 4 aromatic rings. The van der Waals surface area contributed by atoms with Gasteiger partial charge in [-0.3, -0.25) is 9.78 Å². The maximum absolute atomic E-state index is 13.1. The van der Waals surface area contributed by atoms with Crippen LogP contribution in [-0.4, -0.2) is 69.7 Å². The molecule has 0 unspecified atom stereocenters. The number of amides is 1. The lowest BCUT2D eigenvalue weighted by atomic mass is 10.1. The molecule has 2 N–H and O–H groups in total. The van der Waals surface area contributed by atoms with Gasteiger partial charge >= 0.3 is 0 Å². The second kappa shape index (κ2) is 9.82. The van der Waals surface area contributed by atoms with Gasteiger partial charge in [0.2, 0.25) is 0 Å². The summed E-state index contributed by atoms with van der Waals surface area (Å²) in [6.45, 7) is 6.27. The summed E-state index contributed by atoms with van der Waals surface area (Å²) in [4.78, 5) is 35.4. The summed E-state index contributed by atoms with van der Waals surface area (Å²) in [5.74, 6) is 1.36. The first kappa shape index (κ1) is 22.4. The summed E-state index contributed by atoms with van der Waals surface area (Å²) in [6.07, 6.45) is 5.03. The van der Waals surface area contributed by atoms with Crippen LogP contribution in [0.3, 0.4) is 0 Å². The molecule has 1 aromatic carbocycles. The van der Waals surface area contributed by atoms with E-state index in [0.717, 1.165) is 42.4 Å². The monoisotopic (exact) mass is 473 g/mol. The SMILES string of the molecule is CCSc1ccncc1NC(=O)c1ccnc2[nH]c(-c3ccc(N4CCN(C)CC4)cc3)nc12. The van der Waals surface area contributed by atoms with Crippen molar-refractivity contribution in [1.82, 2.24) is 24.8 Å². The van der Waals surface area contributed by atoms with Crippen molar-refractivity contribution in [2.45, 2.75) is 11.8 Å². The zero-order valence-corrected chi connectivity index (χ0v) is 20.1. The van der Waals surface area contributed by atoms with Crippen molar-refractivity contribution in [1.29, 1.82) is 0 Å². The summed E-state index contributed by atoms with van der Waals surface area (Å²) >= 11 is 1.66. The molecule has 0 atom stereocenters. The predicted molar refractivity (Wildman–Crippen MR) is 138 cm³/mol. The summed E-state index contributed by atoms with van der Waals surface area (Å²) < 4.78 is 0. The van der Waals surface area contributed by atoms with Crippen LogP contribution < -0.4 is 10.2 Å². The van der Waals surface area contributed by atoms with Crippen molar-refractivity contribution in [3.63, 3.8) is 0 Å². The molecule has 0 spiro atoms. The molecule has 0 bridgehead atoms. The number of benzene rings is 1. The number of nitrogens with one attached hydrogen (secondary N) is 2. The van der Waals surface area contributed by atoms with Crippen LogP contribution in [0, 0.1) is 0 Å². The smallest absolute Gasteiger partial charge is 0.258 e. The Morgan fingerprint density at radius 3 is 2.65 bits per heavy atom. The highest BCUT2D eigenvalue weighted by atomic mass is 32.2. The molecule has 4 heterocycles. The number of imidazole rings is 1. The Morgan fingerprint density at radius 2 is 1.88 bits per heavy atom. The van der Waals surface area contributed by atoms with Crippen molar-refractivity contribution in [3.05, 3.63) is 60.6 Å². The van der Waals surface area contributed by atoms with Crippen LogP contribution in [0.5, 0.6) is 0 Å². The molecule has 8 nitrogen and oxygen atoms in total. The van der Waals surface area contributed by atoms with E-state index in [4.69, 9.17) is 4.98 Å². The van der Waals surface area contributed by atoms with Gasteiger partial charge in [0.15, 0.2) is 5.65 Å². The third-order valence-corrected chi connectivity index (χ3v) is 6.92. The number of thioether (sulfide) groups is 1. The number of fused-ring (bicyclic) bond motifs is 1. The number of carbonyl (C=O) groups is 1. The lowest BCUT2D eigenvalue weighted by Crippen LogP contribution is -2.44. The van der Waals surface area contributed by atoms with Crippen LogP contribution in [0.2, 0.25) is 0 Å². The first-order valence-corrected chi connectivity index (χ1v) is 12.4. The molecule has 1 fully saturated rings. The van der Waals surface area contributed by atoms with Gasteiger partial charge < -0.3 is 20.1 Å². The summed E-state index contributed by atoms with van der Waals surface area (Å²) in [5.41, 5.74) is 4.46. The summed E-state index contributed by atoms with van der Waals surface area (Å²) in [6, 6.07) is 12.0. The van der Waals surface area contributed by atoms with Gasteiger partial charge in [-0.15, -0.1) is 11.8 Å². The first-order chi connectivity index (χ1) is 16.6. The molecule has 1 aliphatic rings. The van der Waals surface area contributed by atoms with E-state index in [1.165, 1.54) is 5.69 Å². The van der Waals surface area contributed by atoms with Crippen LogP contribution in [0.25, 0.3) is 22.6 Å². The normalized spacial score (nSPS) is 14.5. The predicted octanol–water partition coefficient (Wildman–Crippen LogP) is 4.14. The average molecular weight is 474 g/mol. The number of hydrogen-bond donors (Lipinski definition) is 2. The maximum atomic E-state index is 13.1. The number of piperazine rings is 1. The van der Waals surface area contributed by atoms with E-state index in [-0.39, 0.29) is 5.91 Å². The Labute approximate surface area is 202 Å². The Hall–Kier alpha value is -3.43. The van der Waals surface area contributed by atoms with Crippen LogP contribution in [0.1, 0.15) is 17.3 Å². The van der Waals surface area contributed by atoms with E-state index in [9.17, 15) is 4.79 Å². The second-order valence-electron chi connectivity index (χ2n) is 8.24.